The van der Waals surface area contributed by atoms with Gasteiger partial charge in [-0.1, -0.05) is 6.07 Å². The summed E-state index contributed by atoms with van der Waals surface area (Å²) in [5.41, 5.74) is 1.56. The SMILES string of the molecule is C#CCCC1(CCC(=O)Nc2cccc(C(=O)N3CCOCC3)c2C)N=N1. The van der Waals surface area contributed by atoms with Gasteiger partial charge in [0.15, 0.2) is 5.66 Å². The van der Waals surface area contributed by atoms with Gasteiger partial charge in [0.05, 0.1) is 13.2 Å². The second kappa shape index (κ2) is 8.31. The Balaban J connectivity index is 1.59. The van der Waals surface area contributed by atoms with E-state index in [4.69, 9.17) is 11.2 Å². The molecule has 0 bridgehead atoms. The molecule has 1 aromatic rings. The third-order valence-corrected chi connectivity index (χ3v) is 4.94. The van der Waals surface area contributed by atoms with Crippen molar-refractivity contribution < 1.29 is 14.3 Å². The van der Waals surface area contributed by atoms with E-state index in [0.29, 0.717) is 63.2 Å². The van der Waals surface area contributed by atoms with E-state index in [-0.39, 0.29) is 11.8 Å². The Morgan fingerprint density at radius 3 is 2.70 bits per heavy atom. The summed E-state index contributed by atoms with van der Waals surface area (Å²) in [6, 6.07) is 5.39. The Morgan fingerprint density at radius 2 is 2.04 bits per heavy atom. The summed E-state index contributed by atoms with van der Waals surface area (Å²) in [5, 5.41) is 11.0. The fourth-order valence-corrected chi connectivity index (χ4v) is 3.13. The van der Waals surface area contributed by atoms with E-state index in [2.05, 4.69) is 21.5 Å². The summed E-state index contributed by atoms with van der Waals surface area (Å²) >= 11 is 0. The third kappa shape index (κ3) is 4.72. The lowest BCUT2D eigenvalue weighted by Crippen LogP contribution is -2.41. The molecule has 0 saturated carbocycles. The number of nitrogens with one attached hydrogen (secondary N) is 1. The smallest absolute Gasteiger partial charge is 0.254 e. The molecule has 7 nitrogen and oxygen atoms in total. The van der Waals surface area contributed by atoms with Gasteiger partial charge in [-0.2, -0.15) is 10.2 Å². The van der Waals surface area contributed by atoms with Crippen molar-refractivity contribution >= 4 is 17.5 Å². The molecule has 0 unspecified atom stereocenters. The fourth-order valence-electron chi connectivity index (χ4n) is 3.13. The van der Waals surface area contributed by atoms with Gasteiger partial charge in [-0.15, -0.1) is 12.3 Å². The lowest BCUT2D eigenvalue weighted by molar-refractivity contribution is -0.116. The maximum absolute atomic E-state index is 12.7. The highest BCUT2D eigenvalue weighted by molar-refractivity contribution is 5.99. The highest BCUT2D eigenvalue weighted by Crippen LogP contribution is 2.37. The van der Waals surface area contributed by atoms with E-state index in [1.54, 1.807) is 17.0 Å². The predicted molar refractivity (Wildman–Crippen MR) is 101 cm³/mol. The zero-order valence-corrected chi connectivity index (χ0v) is 15.5. The zero-order valence-electron chi connectivity index (χ0n) is 15.5. The van der Waals surface area contributed by atoms with Crippen LogP contribution in [0.4, 0.5) is 5.69 Å². The first-order valence-electron chi connectivity index (χ1n) is 9.19. The molecular weight excluding hydrogens is 344 g/mol. The topological polar surface area (TPSA) is 83.4 Å². The van der Waals surface area contributed by atoms with E-state index >= 15 is 0 Å². The van der Waals surface area contributed by atoms with E-state index < -0.39 is 5.66 Å². The largest absolute Gasteiger partial charge is 0.378 e. The Bertz CT molecular complexity index is 785. The van der Waals surface area contributed by atoms with Gasteiger partial charge in [-0.3, -0.25) is 9.59 Å². The molecule has 1 N–H and O–H groups in total. The number of ether oxygens (including phenoxy) is 1. The highest BCUT2D eigenvalue weighted by Gasteiger charge is 2.39. The monoisotopic (exact) mass is 368 g/mol. The van der Waals surface area contributed by atoms with E-state index in [9.17, 15) is 9.59 Å². The van der Waals surface area contributed by atoms with Crippen molar-refractivity contribution in [2.75, 3.05) is 31.6 Å². The summed E-state index contributed by atoms with van der Waals surface area (Å²) in [6.45, 7) is 4.13. The summed E-state index contributed by atoms with van der Waals surface area (Å²) in [6.07, 6.45) is 7.41. The molecule has 2 amide bonds. The number of carbonyl (C=O) groups excluding carboxylic acids is 2. The van der Waals surface area contributed by atoms with Crippen LogP contribution in [-0.4, -0.2) is 48.7 Å². The van der Waals surface area contributed by atoms with Gasteiger partial charge < -0.3 is 15.0 Å². The number of nitrogens with zero attached hydrogens (tertiary/aromatic N) is 3. The maximum Gasteiger partial charge on any atom is 0.254 e. The molecule has 2 aliphatic rings. The van der Waals surface area contributed by atoms with Crippen molar-refractivity contribution in [1.82, 2.24) is 4.90 Å². The molecule has 0 radical (unpaired) electrons. The standard InChI is InChI=1S/C20H24N4O3/c1-3-4-9-20(22-23-20)10-8-18(25)21-17-7-5-6-16(15(17)2)19(26)24-11-13-27-14-12-24/h1,5-7H,4,8-14H2,2H3,(H,21,25). The fraction of sp³-hybridized carbons (Fsp3) is 0.500. The van der Waals surface area contributed by atoms with Gasteiger partial charge in [-0.25, -0.2) is 0 Å². The summed E-state index contributed by atoms with van der Waals surface area (Å²) < 4.78 is 5.30. The first-order valence-corrected chi connectivity index (χ1v) is 9.19. The number of hydrogen-bond acceptors (Lipinski definition) is 5. The zero-order chi connectivity index (χ0) is 19.3. The first-order chi connectivity index (χ1) is 13.0. The molecule has 2 heterocycles. The number of terminal acetylenes is 1. The molecule has 27 heavy (non-hydrogen) atoms. The molecule has 0 aromatic heterocycles. The van der Waals surface area contributed by atoms with Crippen molar-refractivity contribution in [3.8, 4) is 12.3 Å². The van der Waals surface area contributed by atoms with Crippen molar-refractivity contribution in [1.29, 1.82) is 0 Å². The molecule has 7 heteroatoms. The predicted octanol–water partition coefficient (Wildman–Crippen LogP) is 2.76. The molecule has 0 atom stereocenters. The van der Waals surface area contributed by atoms with E-state index in [1.165, 1.54) is 0 Å². The molecule has 1 fully saturated rings. The first kappa shape index (κ1) is 19.1. The molecular formula is C20H24N4O3. The van der Waals surface area contributed by atoms with Gasteiger partial charge in [0, 0.05) is 50.0 Å². The average molecular weight is 368 g/mol. The second-order valence-electron chi connectivity index (χ2n) is 6.82. The number of morpholine rings is 1. The van der Waals surface area contributed by atoms with Gasteiger partial charge in [0.2, 0.25) is 5.91 Å². The van der Waals surface area contributed by atoms with Crippen molar-refractivity contribution in [3.05, 3.63) is 29.3 Å². The Kier molecular flexibility index (Phi) is 5.87. The number of rotatable bonds is 7. The van der Waals surface area contributed by atoms with Crippen LogP contribution in [0.5, 0.6) is 0 Å². The van der Waals surface area contributed by atoms with Crippen LogP contribution in [0.3, 0.4) is 0 Å². The van der Waals surface area contributed by atoms with Crippen LogP contribution in [0, 0.1) is 19.3 Å². The minimum atomic E-state index is -0.465. The van der Waals surface area contributed by atoms with Crippen LogP contribution in [0.15, 0.2) is 28.4 Å². The lowest BCUT2D eigenvalue weighted by atomic mass is 10.0. The normalized spacial score (nSPS) is 17.3. The van der Waals surface area contributed by atoms with Crippen LogP contribution in [0.1, 0.15) is 41.6 Å². The van der Waals surface area contributed by atoms with Crippen LogP contribution < -0.4 is 5.32 Å². The van der Waals surface area contributed by atoms with Crippen molar-refractivity contribution in [2.45, 2.75) is 38.3 Å². The van der Waals surface area contributed by atoms with Gasteiger partial charge >= 0.3 is 0 Å². The molecule has 2 aliphatic heterocycles. The Hall–Kier alpha value is -2.72. The lowest BCUT2D eigenvalue weighted by Gasteiger charge is -2.27. The number of anilines is 1. The maximum atomic E-state index is 12.7. The number of benzene rings is 1. The third-order valence-electron chi connectivity index (χ3n) is 4.94. The molecule has 3 rings (SSSR count). The average Bonchev–Trinajstić information content (AvgIpc) is 3.47. The summed E-state index contributed by atoms with van der Waals surface area (Å²) in [5.74, 6) is 2.43. The summed E-state index contributed by atoms with van der Waals surface area (Å²) in [7, 11) is 0. The molecule has 1 aromatic carbocycles. The van der Waals surface area contributed by atoms with Gasteiger partial charge in [0.1, 0.15) is 0 Å². The summed E-state index contributed by atoms with van der Waals surface area (Å²) in [4.78, 5) is 26.9. The van der Waals surface area contributed by atoms with Gasteiger partial charge in [0.25, 0.3) is 5.91 Å². The minimum absolute atomic E-state index is 0.0317. The number of amides is 2. The molecule has 142 valence electrons. The van der Waals surface area contributed by atoms with Gasteiger partial charge in [-0.05, 0) is 24.6 Å². The van der Waals surface area contributed by atoms with Crippen LogP contribution in [0.2, 0.25) is 0 Å². The quantitative estimate of drug-likeness (QED) is 0.751. The van der Waals surface area contributed by atoms with Crippen molar-refractivity contribution in [2.24, 2.45) is 10.2 Å². The minimum Gasteiger partial charge on any atom is -0.378 e. The Morgan fingerprint density at radius 1 is 1.30 bits per heavy atom. The van der Waals surface area contributed by atoms with E-state index in [1.807, 2.05) is 13.0 Å². The van der Waals surface area contributed by atoms with Crippen LogP contribution in [-0.2, 0) is 9.53 Å². The molecule has 0 spiro atoms. The number of hydrogen-bond donors (Lipinski definition) is 1. The molecule has 1 saturated heterocycles. The second-order valence-corrected chi connectivity index (χ2v) is 6.82. The van der Waals surface area contributed by atoms with Crippen LogP contribution >= 0.6 is 0 Å². The molecule has 0 aliphatic carbocycles. The van der Waals surface area contributed by atoms with E-state index in [0.717, 1.165) is 5.56 Å². The van der Waals surface area contributed by atoms with Crippen LogP contribution in [0.25, 0.3) is 0 Å². The van der Waals surface area contributed by atoms with Crippen molar-refractivity contribution in [3.63, 3.8) is 0 Å². The Labute approximate surface area is 159 Å². The number of carbonyl (C=O) groups is 2. The highest BCUT2D eigenvalue weighted by atomic mass is 16.5.